The minimum Gasteiger partial charge on any atom is -0.393 e. The van der Waals surface area contributed by atoms with E-state index < -0.39 is 0 Å². The molecule has 0 radical (unpaired) electrons. The molecule has 2 atom stereocenters. The lowest BCUT2D eigenvalue weighted by Gasteiger charge is -2.30. The van der Waals surface area contributed by atoms with Gasteiger partial charge in [-0.05, 0) is 61.9 Å². The minimum absolute atomic E-state index is 0.0416. The number of fused-ring (bicyclic) bond motifs is 1. The first-order valence-electron chi connectivity index (χ1n) is 12.7. The highest BCUT2D eigenvalue weighted by atomic mass is 19.1. The maximum Gasteiger partial charge on any atom is 0.272 e. The van der Waals surface area contributed by atoms with Crippen LogP contribution in [0.25, 0.3) is 5.65 Å². The zero-order valence-corrected chi connectivity index (χ0v) is 20.0. The van der Waals surface area contributed by atoms with Crippen molar-refractivity contribution in [3.05, 3.63) is 71.4 Å². The molecule has 9 heteroatoms. The molecule has 2 saturated heterocycles. The Balaban J connectivity index is 1.22. The number of carbonyl (C=O) groups is 1. The molecule has 8 nitrogen and oxygen atoms in total. The van der Waals surface area contributed by atoms with Gasteiger partial charge in [0.15, 0.2) is 5.65 Å². The highest BCUT2D eigenvalue weighted by Crippen LogP contribution is 2.36. The molecule has 1 amide bonds. The largest absolute Gasteiger partial charge is 0.393 e. The van der Waals surface area contributed by atoms with E-state index in [0.717, 1.165) is 42.1 Å². The summed E-state index contributed by atoms with van der Waals surface area (Å²) in [6.45, 7) is 1.98. The molecule has 0 saturated carbocycles. The Bertz CT molecular complexity index is 1340. The van der Waals surface area contributed by atoms with Gasteiger partial charge >= 0.3 is 0 Å². The van der Waals surface area contributed by atoms with Crippen molar-refractivity contribution in [2.24, 2.45) is 4.99 Å². The van der Waals surface area contributed by atoms with Crippen LogP contribution in [0.5, 0.6) is 0 Å². The van der Waals surface area contributed by atoms with E-state index in [-0.39, 0.29) is 29.8 Å². The molecule has 2 fully saturated rings. The maximum absolute atomic E-state index is 13.9. The van der Waals surface area contributed by atoms with Gasteiger partial charge in [0.25, 0.3) is 5.91 Å². The summed E-state index contributed by atoms with van der Waals surface area (Å²) < 4.78 is 15.7. The number of imidazole rings is 1. The number of benzene rings is 1. The molecule has 2 unspecified atom stereocenters. The number of piperidine rings is 1. The highest BCUT2D eigenvalue weighted by Gasteiger charge is 2.29. The molecule has 0 aliphatic carbocycles. The molecule has 2 aromatic heterocycles. The number of aliphatic imine (C=N–C) groups is 1. The van der Waals surface area contributed by atoms with E-state index in [1.807, 2.05) is 41.2 Å². The van der Waals surface area contributed by atoms with Crippen molar-refractivity contribution in [2.75, 3.05) is 24.5 Å². The van der Waals surface area contributed by atoms with Gasteiger partial charge in [0.05, 0.1) is 24.0 Å². The summed E-state index contributed by atoms with van der Waals surface area (Å²) in [5, 5.41) is 14.6. The molecule has 3 aliphatic heterocycles. The SMILES string of the molecule is O=C(C1=CCC(c2cnc3ccc(N4CCCC4c4cccc(F)c4)nn23)C=N1)N1CCC(O)CC1. The lowest BCUT2D eigenvalue weighted by Crippen LogP contribution is -2.40. The van der Waals surface area contributed by atoms with Gasteiger partial charge in [-0.1, -0.05) is 18.2 Å². The lowest BCUT2D eigenvalue weighted by atomic mass is 10.00. The molecule has 0 spiro atoms. The van der Waals surface area contributed by atoms with Crippen LogP contribution in [-0.2, 0) is 4.79 Å². The summed E-state index contributed by atoms with van der Waals surface area (Å²) >= 11 is 0. The fourth-order valence-electron chi connectivity index (χ4n) is 5.48. The van der Waals surface area contributed by atoms with Gasteiger partial charge in [-0.3, -0.25) is 9.79 Å². The second-order valence-electron chi connectivity index (χ2n) is 9.78. The van der Waals surface area contributed by atoms with Crippen LogP contribution in [0.1, 0.15) is 55.3 Å². The van der Waals surface area contributed by atoms with E-state index in [9.17, 15) is 14.3 Å². The van der Waals surface area contributed by atoms with Crippen molar-refractivity contribution in [2.45, 2.75) is 50.2 Å². The van der Waals surface area contributed by atoms with Crippen molar-refractivity contribution in [3.8, 4) is 0 Å². The Hall–Kier alpha value is -3.59. The first-order valence-corrected chi connectivity index (χ1v) is 12.7. The average molecular weight is 489 g/mol. The van der Waals surface area contributed by atoms with E-state index in [2.05, 4.69) is 14.9 Å². The standard InChI is InChI=1S/C27H29FN6O2/c28-20-4-1-3-18(15-20)23-5-2-12-33(23)26-9-8-25-30-17-24(34(25)31-26)19-6-7-22(29-16-19)27(36)32-13-10-21(35)11-14-32/h1,3-4,7-9,15-17,19,21,23,35H,2,5-6,10-14H2. The van der Waals surface area contributed by atoms with Gasteiger partial charge in [0.2, 0.25) is 0 Å². The third kappa shape index (κ3) is 4.28. The van der Waals surface area contributed by atoms with Gasteiger partial charge in [-0.25, -0.2) is 13.9 Å². The average Bonchev–Trinajstić information content (AvgIpc) is 3.56. The molecule has 36 heavy (non-hydrogen) atoms. The van der Waals surface area contributed by atoms with Crippen molar-refractivity contribution in [3.63, 3.8) is 0 Å². The zero-order chi connectivity index (χ0) is 24.6. The predicted molar refractivity (Wildman–Crippen MR) is 134 cm³/mol. The van der Waals surface area contributed by atoms with E-state index in [1.54, 1.807) is 17.0 Å². The number of aromatic nitrogens is 3. The first-order chi connectivity index (χ1) is 17.6. The number of aliphatic hydroxyl groups excluding tert-OH is 1. The molecule has 1 aromatic carbocycles. The van der Waals surface area contributed by atoms with Gasteiger partial charge in [-0.15, -0.1) is 5.10 Å². The van der Waals surface area contributed by atoms with Gasteiger partial charge in [0, 0.05) is 31.8 Å². The van der Waals surface area contributed by atoms with Gasteiger partial charge in [-0.2, -0.15) is 0 Å². The van der Waals surface area contributed by atoms with Gasteiger partial charge < -0.3 is 14.9 Å². The van der Waals surface area contributed by atoms with E-state index in [0.29, 0.717) is 38.0 Å². The van der Waals surface area contributed by atoms with Crippen LogP contribution in [-0.4, -0.2) is 62.5 Å². The number of aliphatic hydroxyl groups is 1. The first kappa shape index (κ1) is 22.8. The summed E-state index contributed by atoms with van der Waals surface area (Å²) in [6.07, 6.45) is 9.03. The number of nitrogens with zero attached hydrogens (tertiary/aromatic N) is 6. The smallest absolute Gasteiger partial charge is 0.272 e. The Morgan fingerprint density at radius 1 is 1.08 bits per heavy atom. The number of rotatable bonds is 4. The summed E-state index contributed by atoms with van der Waals surface area (Å²) in [7, 11) is 0. The van der Waals surface area contributed by atoms with E-state index in [1.165, 1.54) is 6.07 Å². The molecule has 6 rings (SSSR count). The number of carbonyl (C=O) groups excluding carboxylic acids is 1. The maximum atomic E-state index is 13.9. The van der Waals surface area contributed by atoms with Crippen LogP contribution >= 0.6 is 0 Å². The highest BCUT2D eigenvalue weighted by molar-refractivity contribution is 5.95. The molecular formula is C27H29FN6O2. The number of halogens is 1. The fraction of sp³-hybridized carbons (Fsp3) is 0.407. The lowest BCUT2D eigenvalue weighted by molar-refractivity contribution is -0.129. The normalized spacial score (nSPS) is 22.9. The third-order valence-electron chi connectivity index (χ3n) is 7.46. The topological polar surface area (TPSA) is 86.3 Å². The van der Waals surface area contributed by atoms with Crippen molar-refractivity contribution in [1.82, 2.24) is 19.5 Å². The second kappa shape index (κ2) is 9.46. The summed E-state index contributed by atoms with van der Waals surface area (Å²) in [4.78, 5) is 25.9. The fourth-order valence-corrected chi connectivity index (χ4v) is 5.48. The van der Waals surface area contributed by atoms with Crippen molar-refractivity contribution >= 4 is 23.6 Å². The Kier molecular flexibility index (Phi) is 6.00. The third-order valence-corrected chi connectivity index (χ3v) is 7.46. The number of hydrogen-bond acceptors (Lipinski definition) is 6. The zero-order valence-electron chi connectivity index (χ0n) is 20.0. The minimum atomic E-state index is -0.320. The van der Waals surface area contributed by atoms with E-state index in [4.69, 9.17) is 5.10 Å². The van der Waals surface area contributed by atoms with Crippen LogP contribution in [0.4, 0.5) is 10.2 Å². The number of allylic oxidation sites excluding steroid dienone is 1. The quantitative estimate of drug-likeness (QED) is 0.606. The van der Waals surface area contributed by atoms with Crippen molar-refractivity contribution in [1.29, 1.82) is 0 Å². The number of hydrogen-bond donors (Lipinski definition) is 1. The van der Waals surface area contributed by atoms with Gasteiger partial charge in [0.1, 0.15) is 17.3 Å². The molecule has 3 aromatic rings. The summed E-state index contributed by atoms with van der Waals surface area (Å²) in [5.74, 6) is 0.493. The Morgan fingerprint density at radius 3 is 2.72 bits per heavy atom. The molecule has 186 valence electrons. The second-order valence-corrected chi connectivity index (χ2v) is 9.78. The molecule has 1 N–H and O–H groups in total. The predicted octanol–water partition coefficient (Wildman–Crippen LogP) is 3.64. The van der Waals surface area contributed by atoms with E-state index >= 15 is 0 Å². The van der Waals surface area contributed by atoms with Crippen LogP contribution in [0, 0.1) is 5.82 Å². The number of likely N-dealkylation sites (tertiary alicyclic amines) is 1. The molecular weight excluding hydrogens is 459 g/mol. The van der Waals surface area contributed by atoms with Crippen LogP contribution < -0.4 is 4.90 Å². The molecule has 0 bridgehead atoms. The van der Waals surface area contributed by atoms with Crippen molar-refractivity contribution < 1.29 is 14.3 Å². The Morgan fingerprint density at radius 2 is 1.94 bits per heavy atom. The molecule has 5 heterocycles. The monoisotopic (exact) mass is 488 g/mol. The summed E-state index contributed by atoms with van der Waals surface area (Å²) in [5.41, 5.74) is 3.09. The molecule has 3 aliphatic rings. The van der Waals surface area contributed by atoms with Crippen LogP contribution in [0.3, 0.4) is 0 Å². The number of anilines is 1. The van der Waals surface area contributed by atoms with Crippen LogP contribution in [0.2, 0.25) is 0 Å². The Labute approximate surface area is 208 Å². The van der Waals surface area contributed by atoms with Crippen LogP contribution in [0.15, 0.2) is 59.4 Å². The summed E-state index contributed by atoms with van der Waals surface area (Å²) in [6, 6.07) is 10.8. The number of amides is 1.